The highest BCUT2D eigenvalue weighted by Crippen LogP contribution is 2.32. The minimum atomic E-state index is -0.981. The van der Waals surface area contributed by atoms with Crippen LogP contribution in [-0.2, 0) is 11.2 Å². The number of hydrogen-bond acceptors (Lipinski definition) is 3. The molecule has 0 aliphatic carbocycles. The number of rotatable bonds is 6. The number of ketones is 1. The summed E-state index contributed by atoms with van der Waals surface area (Å²) in [5.41, 5.74) is 4.25. The van der Waals surface area contributed by atoms with Crippen molar-refractivity contribution in [3.63, 3.8) is 0 Å². The number of hydrogen-bond donors (Lipinski definition) is 1. The van der Waals surface area contributed by atoms with Gasteiger partial charge in [-0.05, 0) is 42.7 Å². The smallest absolute Gasteiger partial charge is 0.328 e. The number of aliphatic carboxylic acids is 1. The predicted octanol–water partition coefficient (Wildman–Crippen LogP) is 5.28. The number of unbranched alkanes of at least 4 members (excludes halogenated alkanes) is 2. The fourth-order valence-corrected chi connectivity index (χ4v) is 3.51. The molecule has 0 spiro atoms. The second-order valence-corrected chi connectivity index (χ2v) is 7.46. The molecule has 1 aliphatic rings. The lowest BCUT2D eigenvalue weighted by atomic mass is 9.94. The van der Waals surface area contributed by atoms with Crippen molar-refractivity contribution in [3.05, 3.63) is 70.3 Å². The van der Waals surface area contributed by atoms with Crippen LogP contribution >= 0.6 is 0 Å². The van der Waals surface area contributed by atoms with E-state index >= 15 is 0 Å². The van der Waals surface area contributed by atoms with Gasteiger partial charge in [0.1, 0.15) is 5.75 Å². The van der Waals surface area contributed by atoms with Crippen molar-refractivity contribution >= 4 is 17.8 Å². The van der Waals surface area contributed by atoms with E-state index in [2.05, 4.69) is 30.6 Å². The second-order valence-electron chi connectivity index (χ2n) is 7.46. The van der Waals surface area contributed by atoms with Gasteiger partial charge in [-0.2, -0.15) is 0 Å². The van der Waals surface area contributed by atoms with Crippen LogP contribution in [0.25, 0.3) is 6.08 Å². The van der Waals surface area contributed by atoms with Gasteiger partial charge in [-0.25, -0.2) is 4.79 Å². The Labute approximate surface area is 189 Å². The number of carboxylic acids is 1. The average molecular weight is 427 g/mol. The molecule has 0 aromatic heterocycles. The summed E-state index contributed by atoms with van der Waals surface area (Å²) in [6.07, 6.45) is 7.17. The van der Waals surface area contributed by atoms with Gasteiger partial charge in [0.25, 0.3) is 0 Å². The maximum absolute atomic E-state index is 12.1. The zero-order valence-corrected chi connectivity index (χ0v) is 18.2. The third-order valence-corrected chi connectivity index (χ3v) is 5.05. The molecule has 0 atom stereocenters. The molecule has 1 aliphatic heterocycles. The van der Waals surface area contributed by atoms with Crippen LogP contribution in [0.5, 0.6) is 5.75 Å². The van der Waals surface area contributed by atoms with Gasteiger partial charge in [-0.3, -0.25) is 4.79 Å². The first kappa shape index (κ1) is 22.9. The van der Waals surface area contributed by atoms with Crippen LogP contribution in [0, 0.1) is 23.7 Å². The Kier molecular flexibility index (Phi) is 8.29. The molecule has 3 rings (SSSR count). The summed E-state index contributed by atoms with van der Waals surface area (Å²) in [4.78, 5) is 22.9. The van der Waals surface area contributed by atoms with Crippen molar-refractivity contribution in [1.29, 1.82) is 0 Å². The summed E-state index contributed by atoms with van der Waals surface area (Å²) in [6, 6.07) is 11.2. The van der Waals surface area contributed by atoms with Crippen molar-refractivity contribution in [3.8, 4) is 29.4 Å². The Morgan fingerprint density at radius 2 is 1.84 bits per heavy atom. The molecule has 2 aromatic rings. The number of Topliss-reactive ketones (excluding diaryl/α,β-unsaturated/α-hetero) is 1. The maximum atomic E-state index is 12.1. The van der Waals surface area contributed by atoms with Crippen LogP contribution in [-0.4, -0.2) is 23.5 Å². The minimum absolute atomic E-state index is 0.140. The molecule has 1 N–H and O–H groups in total. The molecule has 162 valence electrons. The molecule has 32 heavy (non-hydrogen) atoms. The van der Waals surface area contributed by atoms with Crippen LogP contribution < -0.4 is 4.74 Å². The second kappa shape index (κ2) is 11.6. The number of fused-ring (bicyclic) bond motifs is 1. The number of carboxylic acid groups (broad SMARTS) is 1. The molecule has 0 saturated heterocycles. The van der Waals surface area contributed by atoms with Crippen molar-refractivity contribution < 1.29 is 19.4 Å². The minimum Gasteiger partial charge on any atom is -0.492 e. The highest BCUT2D eigenvalue weighted by atomic mass is 16.5. The number of carbonyl (C=O) groups excluding carboxylic acids is 1. The van der Waals surface area contributed by atoms with E-state index in [4.69, 9.17) is 9.84 Å². The molecule has 0 radical (unpaired) electrons. The van der Waals surface area contributed by atoms with Gasteiger partial charge in [-0.15, -0.1) is 0 Å². The molecule has 0 bridgehead atoms. The monoisotopic (exact) mass is 426 g/mol. The van der Waals surface area contributed by atoms with E-state index in [1.807, 2.05) is 36.4 Å². The Bertz CT molecular complexity index is 1150. The summed E-state index contributed by atoms with van der Waals surface area (Å²) < 4.78 is 5.82. The lowest BCUT2D eigenvalue weighted by Crippen LogP contribution is -2.17. The third-order valence-electron chi connectivity index (χ3n) is 5.05. The maximum Gasteiger partial charge on any atom is 0.328 e. The normalized spacial score (nSPS) is 12.2. The summed E-state index contributed by atoms with van der Waals surface area (Å²) in [7, 11) is 0. The Morgan fingerprint density at radius 1 is 1.09 bits per heavy atom. The quantitative estimate of drug-likeness (QED) is 0.388. The van der Waals surface area contributed by atoms with Crippen molar-refractivity contribution in [2.24, 2.45) is 0 Å². The van der Waals surface area contributed by atoms with Crippen molar-refractivity contribution in [2.75, 3.05) is 6.61 Å². The van der Waals surface area contributed by atoms with Gasteiger partial charge >= 0.3 is 5.97 Å². The molecule has 4 heteroatoms. The predicted molar refractivity (Wildman–Crippen MR) is 126 cm³/mol. The molecule has 4 nitrogen and oxygen atoms in total. The highest BCUT2D eigenvalue weighted by molar-refractivity contribution is 6.00. The molecule has 0 amide bonds. The average Bonchev–Trinajstić information content (AvgIpc) is 2.79. The van der Waals surface area contributed by atoms with E-state index in [1.165, 1.54) is 0 Å². The van der Waals surface area contributed by atoms with E-state index in [0.29, 0.717) is 25.0 Å². The zero-order valence-electron chi connectivity index (χ0n) is 18.2. The van der Waals surface area contributed by atoms with Crippen molar-refractivity contribution in [1.82, 2.24) is 0 Å². The van der Waals surface area contributed by atoms with Gasteiger partial charge in [0.2, 0.25) is 0 Å². The first-order chi connectivity index (χ1) is 15.6. The lowest BCUT2D eigenvalue weighted by Gasteiger charge is -2.20. The summed E-state index contributed by atoms with van der Waals surface area (Å²) in [5, 5.41) is 8.80. The Balaban J connectivity index is 1.62. The van der Waals surface area contributed by atoms with E-state index in [-0.39, 0.29) is 5.78 Å². The van der Waals surface area contributed by atoms with E-state index in [1.54, 1.807) is 6.08 Å². The SMILES string of the molecule is CCCc1c(C#CCCCC#Cc2ccccc2C=CC(=O)O)ccc2c1OCCC2=O. The standard InChI is InChI=1S/C28H26O4/c1-2-10-24-23(15-17-25-26(29)19-20-32-28(24)25)14-7-5-3-4-6-11-21-12-8-9-13-22(21)16-18-27(30)31/h8-9,12-13,15-18H,2-5,10,19-20H2,1H3,(H,30,31). The first-order valence-corrected chi connectivity index (χ1v) is 10.9. The number of ether oxygens (including phenoxy) is 1. The van der Waals surface area contributed by atoms with E-state index in [0.717, 1.165) is 59.8 Å². The van der Waals surface area contributed by atoms with Crippen LogP contribution in [0.2, 0.25) is 0 Å². The molecule has 0 fully saturated rings. The molecule has 0 unspecified atom stereocenters. The fraction of sp³-hybridized carbons (Fsp3) is 0.286. The van der Waals surface area contributed by atoms with Crippen LogP contribution in [0.15, 0.2) is 42.5 Å². The topological polar surface area (TPSA) is 63.6 Å². The van der Waals surface area contributed by atoms with E-state index < -0.39 is 5.97 Å². The first-order valence-electron chi connectivity index (χ1n) is 10.9. The summed E-state index contributed by atoms with van der Waals surface area (Å²) >= 11 is 0. The largest absolute Gasteiger partial charge is 0.492 e. The summed E-state index contributed by atoms with van der Waals surface area (Å²) in [6.45, 7) is 2.54. The van der Waals surface area contributed by atoms with Crippen LogP contribution in [0.3, 0.4) is 0 Å². The zero-order chi connectivity index (χ0) is 22.8. The molecular formula is C28H26O4. The van der Waals surface area contributed by atoms with Crippen LogP contribution in [0.1, 0.15) is 71.6 Å². The van der Waals surface area contributed by atoms with Gasteiger partial charge in [-0.1, -0.05) is 55.2 Å². The van der Waals surface area contributed by atoms with E-state index in [9.17, 15) is 9.59 Å². The molecule has 2 aromatic carbocycles. The van der Waals surface area contributed by atoms with Gasteiger partial charge in [0.05, 0.1) is 12.2 Å². The Hall–Kier alpha value is -3.76. The fourth-order valence-electron chi connectivity index (χ4n) is 3.51. The molecular weight excluding hydrogens is 400 g/mol. The number of carbonyl (C=O) groups is 2. The number of benzene rings is 2. The Morgan fingerprint density at radius 3 is 2.59 bits per heavy atom. The van der Waals surface area contributed by atoms with Gasteiger partial charge in [0, 0.05) is 42.0 Å². The van der Waals surface area contributed by atoms with Crippen molar-refractivity contribution in [2.45, 2.75) is 45.4 Å². The highest BCUT2D eigenvalue weighted by Gasteiger charge is 2.22. The molecule has 1 heterocycles. The summed E-state index contributed by atoms with van der Waals surface area (Å²) in [5.74, 6) is 12.6. The molecule has 0 saturated carbocycles. The van der Waals surface area contributed by atoms with Crippen LogP contribution in [0.4, 0.5) is 0 Å². The van der Waals surface area contributed by atoms with Gasteiger partial charge in [0.15, 0.2) is 5.78 Å². The third kappa shape index (κ3) is 6.13. The lowest BCUT2D eigenvalue weighted by molar-refractivity contribution is -0.131. The van der Waals surface area contributed by atoms with Gasteiger partial charge < -0.3 is 9.84 Å².